The van der Waals surface area contributed by atoms with E-state index >= 15 is 0 Å². The van der Waals surface area contributed by atoms with Crippen molar-refractivity contribution in [1.82, 2.24) is 20.4 Å². The molecule has 1 aliphatic carbocycles. The number of carbonyl (C=O) groups excluding carboxylic acids is 1. The first-order valence-electron chi connectivity index (χ1n) is 9.27. The van der Waals surface area contributed by atoms with Gasteiger partial charge in [-0.1, -0.05) is 36.8 Å². The van der Waals surface area contributed by atoms with Crippen LogP contribution in [0.1, 0.15) is 42.2 Å². The van der Waals surface area contributed by atoms with Crippen molar-refractivity contribution in [2.45, 2.75) is 37.1 Å². The molecule has 1 saturated carbocycles. The lowest BCUT2D eigenvalue weighted by molar-refractivity contribution is -0.125. The van der Waals surface area contributed by atoms with Gasteiger partial charge in [-0.2, -0.15) is 5.10 Å². The van der Waals surface area contributed by atoms with Crippen LogP contribution in [0.5, 0.6) is 0 Å². The van der Waals surface area contributed by atoms with Gasteiger partial charge >= 0.3 is 0 Å². The number of aromatic nitrogens is 2. The number of amides is 1. The van der Waals surface area contributed by atoms with Gasteiger partial charge in [-0.25, -0.2) is 0 Å². The standard InChI is InChI=1S/C20H26N4O.ClH/c1-24-13-15(10-22-24)17-11-21-12-18(17)20(25)23-19-9-5-8-16(19)14-6-3-2-4-7-14;/h2-4,6-7,10,13,16-19,21H,5,8-9,11-12H2,1H3,(H,23,25);1H/t16?,17-,18+,19?;/m1./s1. The van der Waals surface area contributed by atoms with Gasteiger partial charge in [0.15, 0.2) is 0 Å². The third-order valence-corrected chi connectivity index (χ3v) is 5.78. The molecule has 4 rings (SSSR count). The van der Waals surface area contributed by atoms with E-state index in [1.165, 1.54) is 12.0 Å². The van der Waals surface area contributed by atoms with E-state index in [1.54, 1.807) is 0 Å². The molecule has 2 aliphatic rings. The molecule has 1 aromatic heterocycles. The highest BCUT2D eigenvalue weighted by Crippen LogP contribution is 2.35. The Morgan fingerprint density at radius 3 is 2.69 bits per heavy atom. The van der Waals surface area contributed by atoms with E-state index < -0.39 is 0 Å². The molecule has 1 aliphatic heterocycles. The molecular weight excluding hydrogens is 348 g/mol. The van der Waals surface area contributed by atoms with E-state index in [4.69, 9.17) is 0 Å². The topological polar surface area (TPSA) is 59.0 Å². The predicted octanol–water partition coefficient (Wildman–Crippen LogP) is 2.60. The Labute approximate surface area is 161 Å². The molecule has 26 heavy (non-hydrogen) atoms. The minimum Gasteiger partial charge on any atom is -0.352 e. The van der Waals surface area contributed by atoms with Crippen LogP contribution >= 0.6 is 12.4 Å². The fraction of sp³-hybridized carbons (Fsp3) is 0.500. The molecule has 2 aromatic rings. The summed E-state index contributed by atoms with van der Waals surface area (Å²) in [5.74, 6) is 0.828. The summed E-state index contributed by atoms with van der Waals surface area (Å²) in [6.45, 7) is 1.59. The molecule has 0 bridgehead atoms. The summed E-state index contributed by atoms with van der Waals surface area (Å²) in [6, 6.07) is 10.9. The summed E-state index contributed by atoms with van der Waals surface area (Å²) in [6.07, 6.45) is 7.33. The van der Waals surface area contributed by atoms with Crippen LogP contribution in [0.3, 0.4) is 0 Å². The molecule has 2 heterocycles. The average Bonchev–Trinajstić information content (AvgIpc) is 3.35. The van der Waals surface area contributed by atoms with Crippen molar-refractivity contribution in [3.63, 3.8) is 0 Å². The van der Waals surface area contributed by atoms with Crippen molar-refractivity contribution in [2.75, 3.05) is 13.1 Å². The summed E-state index contributed by atoms with van der Waals surface area (Å²) >= 11 is 0. The third-order valence-electron chi connectivity index (χ3n) is 5.78. The van der Waals surface area contributed by atoms with Gasteiger partial charge in [-0.15, -0.1) is 12.4 Å². The molecule has 5 nitrogen and oxygen atoms in total. The highest BCUT2D eigenvalue weighted by atomic mass is 35.5. The molecule has 1 aromatic carbocycles. The van der Waals surface area contributed by atoms with E-state index in [0.29, 0.717) is 5.92 Å². The van der Waals surface area contributed by atoms with Gasteiger partial charge < -0.3 is 10.6 Å². The largest absolute Gasteiger partial charge is 0.352 e. The van der Waals surface area contributed by atoms with Crippen LogP contribution in [0.2, 0.25) is 0 Å². The van der Waals surface area contributed by atoms with Crippen LogP contribution < -0.4 is 10.6 Å². The van der Waals surface area contributed by atoms with Crippen LogP contribution in [0, 0.1) is 5.92 Å². The molecule has 2 unspecified atom stereocenters. The molecule has 0 radical (unpaired) electrons. The van der Waals surface area contributed by atoms with E-state index in [-0.39, 0.29) is 36.2 Å². The quantitative estimate of drug-likeness (QED) is 0.864. The van der Waals surface area contributed by atoms with Crippen molar-refractivity contribution in [3.05, 3.63) is 53.9 Å². The minimum atomic E-state index is -0.0128. The SMILES string of the molecule is Cl.Cn1cc([C@H]2CNC[C@@H]2C(=O)NC2CCCC2c2ccccc2)cn1. The number of hydrogen-bond acceptors (Lipinski definition) is 3. The van der Waals surface area contributed by atoms with E-state index in [0.717, 1.165) is 31.5 Å². The minimum absolute atomic E-state index is 0. The smallest absolute Gasteiger partial charge is 0.225 e. The van der Waals surface area contributed by atoms with Gasteiger partial charge in [-0.3, -0.25) is 9.48 Å². The maximum Gasteiger partial charge on any atom is 0.225 e. The van der Waals surface area contributed by atoms with Crippen LogP contribution in [0.15, 0.2) is 42.7 Å². The first-order valence-corrected chi connectivity index (χ1v) is 9.27. The maximum absolute atomic E-state index is 13.0. The lowest BCUT2D eigenvalue weighted by Crippen LogP contribution is -2.42. The summed E-state index contributed by atoms with van der Waals surface area (Å²) in [4.78, 5) is 13.0. The number of hydrogen-bond donors (Lipinski definition) is 2. The summed E-state index contributed by atoms with van der Waals surface area (Å²) in [7, 11) is 1.92. The van der Waals surface area contributed by atoms with E-state index in [2.05, 4.69) is 46.1 Å². The number of benzene rings is 1. The highest BCUT2D eigenvalue weighted by Gasteiger charge is 2.37. The number of aryl methyl sites for hydroxylation is 1. The van der Waals surface area contributed by atoms with Gasteiger partial charge in [0, 0.05) is 44.2 Å². The zero-order valence-electron chi connectivity index (χ0n) is 15.1. The monoisotopic (exact) mass is 374 g/mol. The van der Waals surface area contributed by atoms with E-state index in [1.807, 2.05) is 24.1 Å². The van der Waals surface area contributed by atoms with Gasteiger partial charge in [0.25, 0.3) is 0 Å². The van der Waals surface area contributed by atoms with Crippen molar-refractivity contribution in [1.29, 1.82) is 0 Å². The van der Waals surface area contributed by atoms with Crippen LogP contribution in [0.4, 0.5) is 0 Å². The average molecular weight is 375 g/mol. The Morgan fingerprint density at radius 1 is 1.15 bits per heavy atom. The molecule has 1 amide bonds. The van der Waals surface area contributed by atoms with Crippen LogP contribution in [-0.4, -0.2) is 34.8 Å². The molecule has 1 saturated heterocycles. The Morgan fingerprint density at radius 2 is 1.96 bits per heavy atom. The third kappa shape index (κ3) is 3.79. The molecule has 2 fully saturated rings. The second-order valence-corrected chi connectivity index (χ2v) is 7.38. The van der Waals surface area contributed by atoms with Crippen molar-refractivity contribution >= 4 is 18.3 Å². The van der Waals surface area contributed by atoms with Gasteiger partial charge in [-0.05, 0) is 24.0 Å². The maximum atomic E-state index is 13.0. The fourth-order valence-electron chi connectivity index (χ4n) is 4.46. The second-order valence-electron chi connectivity index (χ2n) is 7.38. The Hall–Kier alpha value is -1.85. The number of nitrogens with zero attached hydrogens (tertiary/aromatic N) is 2. The summed E-state index contributed by atoms with van der Waals surface area (Å²) in [5, 5.41) is 11.0. The number of rotatable bonds is 4. The van der Waals surface area contributed by atoms with Gasteiger partial charge in [0.1, 0.15) is 0 Å². The molecule has 2 N–H and O–H groups in total. The Kier molecular flexibility index (Phi) is 5.99. The van der Waals surface area contributed by atoms with Crippen LogP contribution in [0.25, 0.3) is 0 Å². The Balaban J connectivity index is 0.00000196. The summed E-state index contributed by atoms with van der Waals surface area (Å²) in [5.41, 5.74) is 2.50. The highest BCUT2D eigenvalue weighted by molar-refractivity contribution is 5.85. The second kappa shape index (κ2) is 8.23. The van der Waals surface area contributed by atoms with Gasteiger partial charge in [0.05, 0.1) is 12.1 Å². The van der Waals surface area contributed by atoms with Crippen LogP contribution in [-0.2, 0) is 11.8 Å². The molecule has 0 spiro atoms. The molecule has 4 atom stereocenters. The van der Waals surface area contributed by atoms with Crippen molar-refractivity contribution in [3.8, 4) is 0 Å². The van der Waals surface area contributed by atoms with Crippen molar-refractivity contribution < 1.29 is 4.79 Å². The zero-order valence-corrected chi connectivity index (χ0v) is 15.9. The molecule has 140 valence electrons. The predicted molar refractivity (Wildman–Crippen MR) is 105 cm³/mol. The first kappa shape index (κ1) is 18.9. The number of halogens is 1. The molecule has 6 heteroatoms. The van der Waals surface area contributed by atoms with Crippen molar-refractivity contribution in [2.24, 2.45) is 13.0 Å². The summed E-state index contributed by atoms with van der Waals surface area (Å²) < 4.78 is 1.81. The Bertz CT molecular complexity index is 732. The lowest BCUT2D eigenvalue weighted by Gasteiger charge is -2.25. The fourth-order valence-corrected chi connectivity index (χ4v) is 4.46. The normalized spacial score (nSPS) is 27.9. The lowest BCUT2D eigenvalue weighted by atomic mass is 9.89. The van der Waals surface area contributed by atoms with E-state index in [9.17, 15) is 4.79 Å². The molecular formula is C20H27ClN4O. The zero-order chi connectivity index (χ0) is 17.2. The number of nitrogens with one attached hydrogen (secondary N) is 2. The van der Waals surface area contributed by atoms with Gasteiger partial charge in [0.2, 0.25) is 5.91 Å². The first-order chi connectivity index (χ1) is 12.2. The number of carbonyl (C=O) groups is 1.